The fraction of sp³-hybridized carbons (Fsp3) is 0.429. The van der Waals surface area contributed by atoms with E-state index in [1.807, 2.05) is 0 Å². The molecular formula is C7H9N5S. The van der Waals surface area contributed by atoms with Crippen LogP contribution in [0.3, 0.4) is 0 Å². The van der Waals surface area contributed by atoms with Crippen molar-refractivity contribution in [1.29, 1.82) is 0 Å². The molecule has 0 bridgehead atoms. The maximum atomic E-state index is 4.15. The second-order valence-electron chi connectivity index (χ2n) is 2.92. The predicted molar refractivity (Wildman–Crippen MR) is 48.9 cm³/mol. The zero-order valence-corrected chi connectivity index (χ0v) is 8.19. The van der Waals surface area contributed by atoms with Crippen molar-refractivity contribution in [2.75, 3.05) is 0 Å². The zero-order valence-electron chi connectivity index (χ0n) is 7.38. The van der Waals surface area contributed by atoms with Gasteiger partial charge in [0.25, 0.3) is 5.95 Å². The zero-order chi connectivity index (χ0) is 9.26. The van der Waals surface area contributed by atoms with Gasteiger partial charge in [0.2, 0.25) is 0 Å². The molecule has 0 aliphatic carbocycles. The molecule has 2 rings (SSSR count). The summed E-state index contributed by atoms with van der Waals surface area (Å²) in [6.45, 7) is 4.12. The summed E-state index contributed by atoms with van der Waals surface area (Å²) in [5, 5.41) is 4.07. The molecule has 5 nitrogen and oxygen atoms in total. The van der Waals surface area contributed by atoms with Crippen LogP contribution in [0.5, 0.6) is 0 Å². The monoisotopic (exact) mass is 195 g/mol. The van der Waals surface area contributed by atoms with Gasteiger partial charge in [-0.25, -0.2) is 9.97 Å². The van der Waals surface area contributed by atoms with Crippen LogP contribution in [-0.4, -0.2) is 24.1 Å². The van der Waals surface area contributed by atoms with E-state index < -0.39 is 0 Å². The molecule has 0 unspecified atom stereocenters. The maximum absolute atomic E-state index is 4.15. The van der Waals surface area contributed by atoms with E-state index in [1.54, 1.807) is 10.2 Å². The standard InChI is InChI=1S/C7H9N5S/c1-5(2)6-8-3-10-12(6)7-9-4-13-11-7/h3-5H,1-2H3. The van der Waals surface area contributed by atoms with Gasteiger partial charge in [0.1, 0.15) is 17.7 Å². The Kier molecular flexibility index (Phi) is 2.05. The first-order valence-corrected chi connectivity index (χ1v) is 4.79. The number of hydrogen-bond acceptors (Lipinski definition) is 5. The summed E-state index contributed by atoms with van der Waals surface area (Å²) in [5.74, 6) is 1.82. The van der Waals surface area contributed by atoms with Gasteiger partial charge in [0, 0.05) is 5.92 Å². The molecule has 0 atom stereocenters. The Balaban J connectivity index is 2.46. The topological polar surface area (TPSA) is 56.5 Å². The Labute approximate surface area is 79.6 Å². The largest absolute Gasteiger partial charge is 0.264 e. The van der Waals surface area contributed by atoms with E-state index >= 15 is 0 Å². The Morgan fingerprint density at radius 1 is 1.38 bits per heavy atom. The minimum absolute atomic E-state index is 0.325. The highest BCUT2D eigenvalue weighted by molar-refractivity contribution is 7.03. The number of aromatic nitrogens is 5. The quantitative estimate of drug-likeness (QED) is 0.723. The lowest BCUT2D eigenvalue weighted by molar-refractivity contribution is 0.695. The molecular weight excluding hydrogens is 186 g/mol. The summed E-state index contributed by atoms with van der Waals surface area (Å²) in [6.07, 6.45) is 1.52. The van der Waals surface area contributed by atoms with Gasteiger partial charge in [0.05, 0.1) is 0 Å². The molecule has 0 aliphatic rings. The molecule has 0 saturated heterocycles. The van der Waals surface area contributed by atoms with Crippen molar-refractivity contribution in [2.24, 2.45) is 0 Å². The number of nitrogens with zero attached hydrogens (tertiary/aromatic N) is 5. The third-order valence-electron chi connectivity index (χ3n) is 1.63. The Morgan fingerprint density at radius 2 is 2.23 bits per heavy atom. The average molecular weight is 195 g/mol. The fourth-order valence-electron chi connectivity index (χ4n) is 1.06. The van der Waals surface area contributed by atoms with Crippen LogP contribution in [0, 0.1) is 0 Å². The van der Waals surface area contributed by atoms with Crippen molar-refractivity contribution >= 4 is 11.5 Å². The molecule has 0 spiro atoms. The minimum Gasteiger partial charge on any atom is -0.219 e. The van der Waals surface area contributed by atoms with E-state index in [0.29, 0.717) is 11.9 Å². The van der Waals surface area contributed by atoms with Crippen LogP contribution >= 0.6 is 11.5 Å². The molecule has 0 amide bonds. The molecule has 0 aromatic carbocycles. The minimum atomic E-state index is 0.325. The molecule has 2 aromatic heterocycles. The van der Waals surface area contributed by atoms with Gasteiger partial charge in [-0.2, -0.15) is 14.2 Å². The first-order chi connectivity index (χ1) is 6.29. The highest BCUT2D eigenvalue weighted by Gasteiger charge is 2.11. The molecule has 0 saturated carbocycles. The molecule has 6 heteroatoms. The van der Waals surface area contributed by atoms with Gasteiger partial charge < -0.3 is 0 Å². The van der Waals surface area contributed by atoms with E-state index in [1.165, 1.54) is 17.9 Å². The van der Waals surface area contributed by atoms with Crippen molar-refractivity contribution in [2.45, 2.75) is 19.8 Å². The molecule has 68 valence electrons. The average Bonchev–Trinajstić information content (AvgIpc) is 2.74. The highest BCUT2D eigenvalue weighted by Crippen LogP contribution is 2.13. The first kappa shape index (κ1) is 8.31. The van der Waals surface area contributed by atoms with Crippen LogP contribution < -0.4 is 0 Å². The Morgan fingerprint density at radius 3 is 2.85 bits per heavy atom. The third kappa shape index (κ3) is 1.44. The van der Waals surface area contributed by atoms with E-state index in [9.17, 15) is 0 Å². The second-order valence-corrected chi connectivity index (χ2v) is 3.52. The van der Waals surface area contributed by atoms with E-state index in [-0.39, 0.29) is 0 Å². The van der Waals surface area contributed by atoms with Crippen molar-refractivity contribution in [3.63, 3.8) is 0 Å². The normalized spacial score (nSPS) is 11.0. The highest BCUT2D eigenvalue weighted by atomic mass is 32.1. The summed E-state index contributed by atoms with van der Waals surface area (Å²) in [4.78, 5) is 8.22. The smallest absolute Gasteiger partial charge is 0.219 e. The molecule has 0 radical (unpaired) electrons. The Hall–Kier alpha value is -1.30. The lowest BCUT2D eigenvalue weighted by Gasteiger charge is -2.03. The van der Waals surface area contributed by atoms with Crippen LogP contribution in [-0.2, 0) is 0 Å². The Bertz CT molecular complexity index is 377. The van der Waals surface area contributed by atoms with Crippen LogP contribution in [0.2, 0.25) is 0 Å². The summed E-state index contributed by atoms with van der Waals surface area (Å²) >= 11 is 1.31. The van der Waals surface area contributed by atoms with Crippen molar-refractivity contribution < 1.29 is 0 Å². The summed E-state index contributed by atoms with van der Waals surface area (Å²) in [7, 11) is 0. The molecule has 13 heavy (non-hydrogen) atoms. The van der Waals surface area contributed by atoms with Gasteiger partial charge in [0.15, 0.2) is 0 Å². The fourth-order valence-corrected chi connectivity index (χ4v) is 1.46. The molecule has 0 fully saturated rings. The van der Waals surface area contributed by atoms with Gasteiger partial charge >= 0.3 is 0 Å². The lowest BCUT2D eigenvalue weighted by Crippen LogP contribution is -2.06. The summed E-state index contributed by atoms with van der Waals surface area (Å²) in [6, 6.07) is 0. The number of hydrogen-bond donors (Lipinski definition) is 0. The van der Waals surface area contributed by atoms with Crippen molar-refractivity contribution in [3.05, 3.63) is 17.7 Å². The van der Waals surface area contributed by atoms with Crippen LogP contribution in [0.4, 0.5) is 0 Å². The van der Waals surface area contributed by atoms with Crippen molar-refractivity contribution in [3.8, 4) is 5.95 Å². The molecule has 0 N–H and O–H groups in total. The predicted octanol–water partition coefficient (Wildman–Crippen LogP) is 1.24. The summed E-state index contributed by atoms with van der Waals surface area (Å²) < 4.78 is 5.76. The molecule has 0 aliphatic heterocycles. The van der Waals surface area contributed by atoms with Crippen LogP contribution in [0.15, 0.2) is 11.8 Å². The van der Waals surface area contributed by atoms with Gasteiger partial charge in [-0.1, -0.05) is 13.8 Å². The van der Waals surface area contributed by atoms with E-state index in [0.717, 1.165) is 5.82 Å². The second kappa shape index (κ2) is 3.21. The van der Waals surface area contributed by atoms with Crippen LogP contribution in [0.25, 0.3) is 5.95 Å². The molecule has 2 aromatic rings. The molecule has 2 heterocycles. The van der Waals surface area contributed by atoms with Crippen molar-refractivity contribution in [1.82, 2.24) is 24.1 Å². The van der Waals surface area contributed by atoms with Gasteiger partial charge in [-0.3, -0.25) is 0 Å². The van der Waals surface area contributed by atoms with Gasteiger partial charge in [-0.15, -0.1) is 0 Å². The number of rotatable bonds is 2. The third-order valence-corrected chi connectivity index (χ3v) is 2.10. The van der Waals surface area contributed by atoms with E-state index in [2.05, 4.69) is 33.3 Å². The van der Waals surface area contributed by atoms with Crippen LogP contribution in [0.1, 0.15) is 25.6 Å². The first-order valence-electron chi connectivity index (χ1n) is 3.95. The summed E-state index contributed by atoms with van der Waals surface area (Å²) in [5.41, 5.74) is 1.68. The SMILES string of the molecule is CC(C)c1ncnn1-c1ncsn1. The lowest BCUT2D eigenvalue weighted by atomic mass is 10.2. The van der Waals surface area contributed by atoms with Gasteiger partial charge in [-0.05, 0) is 11.5 Å². The van der Waals surface area contributed by atoms with E-state index in [4.69, 9.17) is 0 Å². The maximum Gasteiger partial charge on any atom is 0.264 e.